The van der Waals surface area contributed by atoms with Gasteiger partial charge in [-0.2, -0.15) is 0 Å². The Morgan fingerprint density at radius 2 is 1.42 bits per heavy atom. The van der Waals surface area contributed by atoms with E-state index in [9.17, 15) is 0 Å². The summed E-state index contributed by atoms with van der Waals surface area (Å²) in [6.07, 6.45) is 15.7. The van der Waals surface area contributed by atoms with Gasteiger partial charge < -0.3 is 14.2 Å². The average Bonchev–Trinajstić information content (AvgIpc) is 3.49. The lowest BCUT2D eigenvalue weighted by molar-refractivity contribution is 0.00386. The first-order valence-corrected chi connectivity index (χ1v) is 11.4. The topological polar surface area (TPSA) is 37.6 Å². The molecule has 3 saturated carbocycles. The van der Waals surface area contributed by atoms with Crippen LogP contribution < -0.4 is 0 Å². The highest BCUT2D eigenvalue weighted by molar-refractivity contribution is 5.11. The van der Waals surface area contributed by atoms with Crippen molar-refractivity contribution in [1.82, 2.24) is 0 Å². The summed E-state index contributed by atoms with van der Waals surface area (Å²) in [4.78, 5) is 0. The molecule has 0 bridgehead atoms. The first kappa shape index (κ1) is 16.8. The second-order valence-electron chi connectivity index (χ2n) is 11.4. The van der Waals surface area contributed by atoms with Gasteiger partial charge in [-0.3, -0.25) is 0 Å². The van der Waals surface area contributed by atoms with Gasteiger partial charge in [-0.1, -0.05) is 6.92 Å². The summed E-state index contributed by atoms with van der Waals surface area (Å²) in [6.45, 7) is 7.41. The van der Waals surface area contributed by atoms with Crippen LogP contribution in [0.25, 0.3) is 0 Å². The number of rotatable bonds is 4. The molecule has 3 nitrogen and oxygen atoms in total. The van der Waals surface area contributed by atoms with Crippen LogP contribution in [-0.2, 0) is 14.2 Å². The highest BCUT2D eigenvalue weighted by Gasteiger charge is 2.62. The van der Waals surface area contributed by atoms with E-state index in [1.165, 1.54) is 64.2 Å². The molecule has 0 amide bonds. The van der Waals surface area contributed by atoms with E-state index in [4.69, 9.17) is 14.2 Å². The minimum atomic E-state index is 0.207. The van der Waals surface area contributed by atoms with Crippen LogP contribution in [-0.4, -0.2) is 35.6 Å². The molecule has 3 aliphatic carbocycles. The Hall–Kier alpha value is -0.120. The smallest absolute Gasteiger partial charge is 0.0923 e. The molecule has 0 aromatic heterocycles. The fraction of sp³-hybridized carbons (Fsp3) is 1.00. The standard InChI is InChI=1S/C23H36O3/c1-21(11-14-4-7-17-18(10-14)24-17,15-5-8-19-22(2,12-15)25-19)16-6-9-20-23(3,13-16)26-20/h14-20H,4-13H2,1-3H3. The van der Waals surface area contributed by atoms with Gasteiger partial charge in [0.15, 0.2) is 0 Å². The second kappa shape index (κ2) is 5.27. The van der Waals surface area contributed by atoms with Gasteiger partial charge in [0.1, 0.15) is 0 Å². The number of ether oxygens (including phenoxy) is 3. The van der Waals surface area contributed by atoms with Crippen molar-refractivity contribution in [1.29, 1.82) is 0 Å². The molecule has 3 saturated heterocycles. The van der Waals surface area contributed by atoms with Crippen molar-refractivity contribution < 1.29 is 14.2 Å². The van der Waals surface area contributed by atoms with Crippen LogP contribution in [0.4, 0.5) is 0 Å². The number of hydrogen-bond acceptors (Lipinski definition) is 3. The molecule has 146 valence electrons. The van der Waals surface area contributed by atoms with Crippen molar-refractivity contribution in [2.75, 3.05) is 0 Å². The number of hydrogen-bond donors (Lipinski definition) is 0. The van der Waals surface area contributed by atoms with Gasteiger partial charge in [0, 0.05) is 0 Å². The largest absolute Gasteiger partial charge is 0.370 e. The zero-order valence-electron chi connectivity index (χ0n) is 16.8. The van der Waals surface area contributed by atoms with Crippen LogP contribution in [0.2, 0.25) is 0 Å². The van der Waals surface area contributed by atoms with Crippen molar-refractivity contribution in [3.05, 3.63) is 0 Å². The molecule has 0 spiro atoms. The monoisotopic (exact) mass is 360 g/mol. The molecule has 3 heterocycles. The van der Waals surface area contributed by atoms with E-state index in [1.54, 1.807) is 0 Å². The summed E-state index contributed by atoms with van der Waals surface area (Å²) in [5, 5.41) is 0. The van der Waals surface area contributed by atoms with Crippen LogP contribution in [0.3, 0.4) is 0 Å². The third kappa shape index (κ3) is 2.56. The maximum absolute atomic E-state index is 6.10. The van der Waals surface area contributed by atoms with E-state index in [2.05, 4.69) is 20.8 Å². The first-order valence-electron chi connectivity index (χ1n) is 11.4. The van der Waals surface area contributed by atoms with E-state index >= 15 is 0 Å². The van der Waals surface area contributed by atoms with Crippen LogP contribution in [0.15, 0.2) is 0 Å². The maximum atomic E-state index is 6.10. The molecule has 6 fully saturated rings. The third-order valence-corrected chi connectivity index (χ3v) is 9.64. The summed E-state index contributed by atoms with van der Waals surface area (Å²) in [6, 6.07) is 0. The van der Waals surface area contributed by atoms with Crippen LogP contribution in [0.1, 0.15) is 85.0 Å². The third-order valence-electron chi connectivity index (χ3n) is 9.64. The van der Waals surface area contributed by atoms with Gasteiger partial charge in [0.25, 0.3) is 0 Å². The Labute approximate surface area is 158 Å². The van der Waals surface area contributed by atoms with E-state index in [1.807, 2.05) is 0 Å². The Kier molecular flexibility index (Phi) is 3.41. The average molecular weight is 361 g/mol. The molecule has 0 radical (unpaired) electrons. The van der Waals surface area contributed by atoms with Crippen molar-refractivity contribution in [3.63, 3.8) is 0 Å². The Morgan fingerprint density at radius 3 is 1.96 bits per heavy atom. The van der Waals surface area contributed by atoms with Crippen molar-refractivity contribution in [3.8, 4) is 0 Å². The normalized spacial score (nSPS) is 59.4. The van der Waals surface area contributed by atoms with Crippen molar-refractivity contribution in [2.24, 2.45) is 23.2 Å². The molecule has 9 unspecified atom stereocenters. The lowest BCUT2D eigenvalue weighted by Crippen LogP contribution is -2.44. The first-order chi connectivity index (χ1) is 12.4. The van der Waals surface area contributed by atoms with Gasteiger partial charge in [0.2, 0.25) is 0 Å². The highest BCUT2D eigenvalue weighted by atomic mass is 16.6. The Bertz CT molecular complexity index is 570. The molecular formula is C23H36O3. The van der Waals surface area contributed by atoms with E-state index in [0.717, 1.165) is 17.8 Å². The summed E-state index contributed by atoms with van der Waals surface area (Å²) < 4.78 is 18.0. The lowest BCUT2D eigenvalue weighted by Gasteiger charge is -2.49. The molecule has 0 N–H and O–H groups in total. The molecule has 3 heteroatoms. The zero-order chi connectivity index (χ0) is 17.7. The molecule has 9 atom stereocenters. The number of epoxide rings is 3. The predicted octanol–water partition coefficient (Wildman–Crippen LogP) is 4.87. The van der Waals surface area contributed by atoms with Crippen LogP contribution >= 0.6 is 0 Å². The molecule has 0 aromatic rings. The fourth-order valence-corrected chi connectivity index (χ4v) is 7.64. The minimum Gasteiger partial charge on any atom is -0.370 e. The maximum Gasteiger partial charge on any atom is 0.0923 e. The second-order valence-corrected chi connectivity index (χ2v) is 11.4. The molecule has 3 aliphatic heterocycles. The fourth-order valence-electron chi connectivity index (χ4n) is 7.64. The summed E-state index contributed by atoms with van der Waals surface area (Å²) >= 11 is 0. The minimum absolute atomic E-state index is 0.207. The van der Waals surface area contributed by atoms with E-state index in [0.29, 0.717) is 29.8 Å². The molecule has 0 aromatic carbocycles. The van der Waals surface area contributed by atoms with Crippen molar-refractivity contribution >= 4 is 0 Å². The molecule has 26 heavy (non-hydrogen) atoms. The van der Waals surface area contributed by atoms with Crippen LogP contribution in [0.5, 0.6) is 0 Å². The highest BCUT2D eigenvalue weighted by Crippen LogP contribution is 2.62. The van der Waals surface area contributed by atoms with Gasteiger partial charge in [-0.15, -0.1) is 0 Å². The summed E-state index contributed by atoms with van der Waals surface area (Å²) in [7, 11) is 0. The summed E-state index contributed by atoms with van der Waals surface area (Å²) in [5.74, 6) is 2.53. The van der Waals surface area contributed by atoms with Gasteiger partial charge in [0.05, 0.1) is 35.6 Å². The van der Waals surface area contributed by atoms with Gasteiger partial charge in [-0.05, 0) is 101 Å². The zero-order valence-corrected chi connectivity index (χ0v) is 16.8. The van der Waals surface area contributed by atoms with Gasteiger partial charge in [-0.25, -0.2) is 0 Å². The van der Waals surface area contributed by atoms with E-state index < -0.39 is 0 Å². The van der Waals surface area contributed by atoms with Crippen LogP contribution in [0, 0.1) is 23.2 Å². The van der Waals surface area contributed by atoms with Gasteiger partial charge >= 0.3 is 0 Å². The lowest BCUT2D eigenvalue weighted by atomic mass is 9.54. The van der Waals surface area contributed by atoms with Crippen molar-refractivity contribution in [2.45, 2.75) is 121 Å². The predicted molar refractivity (Wildman–Crippen MR) is 100.0 cm³/mol. The SMILES string of the molecule is CC12CC(C(C)(CC3CCC4OC4C3)C3CCC4OC4(C)C3)CCC1O2. The Balaban J connectivity index is 1.25. The quantitative estimate of drug-likeness (QED) is 0.672. The number of fused-ring (bicyclic) bond motifs is 3. The molecule has 6 rings (SSSR count). The molecule has 6 aliphatic rings. The summed E-state index contributed by atoms with van der Waals surface area (Å²) in [5.41, 5.74) is 0.865. The Morgan fingerprint density at radius 1 is 0.808 bits per heavy atom. The van der Waals surface area contributed by atoms with E-state index in [-0.39, 0.29) is 11.2 Å². The molecular weight excluding hydrogens is 324 g/mol.